The molecule has 1 aliphatic rings. The molecule has 3 N–H and O–H groups in total. The number of thioether (sulfide) groups is 1. The third kappa shape index (κ3) is 4.94. The Kier molecular flexibility index (Phi) is 6.21. The predicted octanol–water partition coefficient (Wildman–Crippen LogP) is 3.58. The number of nitrogens with one attached hydrogen (secondary N) is 1. The van der Waals surface area contributed by atoms with Gasteiger partial charge in [-0.05, 0) is 35.9 Å². The molecule has 0 atom stereocenters. The molecule has 0 radical (unpaired) electrons. The molecule has 0 saturated carbocycles. The fourth-order valence-electron chi connectivity index (χ4n) is 2.48. The van der Waals surface area contributed by atoms with Gasteiger partial charge >= 0.3 is 5.97 Å². The molecule has 148 valence electrons. The number of carboxylic acid groups (broad SMARTS) is 1. The number of carbonyl (C=O) groups is 3. The van der Waals surface area contributed by atoms with Crippen LogP contribution in [0.3, 0.4) is 0 Å². The Morgan fingerprint density at radius 3 is 2.52 bits per heavy atom. The number of thiocarbonyl (C=S) groups is 1. The zero-order valence-electron chi connectivity index (χ0n) is 14.6. The van der Waals surface area contributed by atoms with Gasteiger partial charge in [0.05, 0.1) is 4.91 Å². The summed E-state index contributed by atoms with van der Waals surface area (Å²) in [4.78, 5) is 37.3. The Hall–Kier alpha value is -2.88. The lowest BCUT2D eigenvalue weighted by molar-refractivity contribution is -0.126. The van der Waals surface area contributed by atoms with E-state index in [1.807, 2.05) is 0 Å². The lowest BCUT2D eigenvalue weighted by atomic mass is 10.2. The highest BCUT2D eigenvalue weighted by atomic mass is 35.5. The number of phenols is 1. The van der Waals surface area contributed by atoms with Gasteiger partial charge in [-0.3, -0.25) is 14.5 Å². The molecule has 0 aliphatic carbocycles. The van der Waals surface area contributed by atoms with E-state index in [1.54, 1.807) is 30.3 Å². The highest BCUT2D eigenvalue weighted by Crippen LogP contribution is 2.32. The van der Waals surface area contributed by atoms with Crippen molar-refractivity contribution >= 4 is 69.4 Å². The van der Waals surface area contributed by atoms with Crippen LogP contribution >= 0.6 is 35.6 Å². The van der Waals surface area contributed by atoms with E-state index < -0.39 is 23.5 Å². The second-order valence-corrected chi connectivity index (χ2v) is 8.02. The number of hydrogen-bond acceptors (Lipinski definition) is 6. The van der Waals surface area contributed by atoms with Crippen molar-refractivity contribution in [3.05, 3.63) is 63.5 Å². The number of hydrogen-bond donors (Lipinski definition) is 3. The number of nitrogens with zero attached hydrogens (tertiary/aromatic N) is 1. The molecule has 1 aliphatic heterocycles. The average molecular weight is 449 g/mol. The van der Waals surface area contributed by atoms with Crippen LogP contribution < -0.4 is 5.32 Å². The average Bonchev–Trinajstić information content (AvgIpc) is 2.90. The Morgan fingerprint density at radius 1 is 1.21 bits per heavy atom. The molecule has 29 heavy (non-hydrogen) atoms. The van der Waals surface area contributed by atoms with Gasteiger partial charge in [-0.25, -0.2) is 4.79 Å². The molecule has 0 bridgehead atoms. The van der Waals surface area contributed by atoms with Crippen LogP contribution in [-0.4, -0.2) is 43.8 Å². The molecule has 0 spiro atoms. The van der Waals surface area contributed by atoms with Crippen molar-refractivity contribution < 1.29 is 24.6 Å². The van der Waals surface area contributed by atoms with E-state index in [-0.39, 0.29) is 22.1 Å². The standard InChI is InChI=1S/C19H13ClN2O5S2/c20-11-3-1-10(2-4-11)7-15-17(25)22(19(28)29-15)9-16(24)21-12-5-6-13(18(26)27)14(23)8-12/h1-8,23H,9H2,(H,21,24)(H,26,27)/b15-7+. The summed E-state index contributed by atoms with van der Waals surface area (Å²) in [6.07, 6.45) is 1.66. The van der Waals surface area contributed by atoms with Gasteiger partial charge < -0.3 is 15.5 Å². The van der Waals surface area contributed by atoms with Crippen molar-refractivity contribution in [2.75, 3.05) is 11.9 Å². The largest absolute Gasteiger partial charge is 0.507 e. The van der Waals surface area contributed by atoms with Crippen LogP contribution in [0, 0.1) is 0 Å². The number of aromatic carboxylic acids is 1. The molecular weight excluding hydrogens is 436 g/mol. The minimum absolute atomic E-state index is 0.194. The summed E-state index contributed by atoms with van der Waals surface area (Å²) < 4.78 is 0.245. The second kappa shape index (κ2) is 8.64. The Labute approximate surface area is 180 Å². The highest BCUT2D eigenvalue weighted by Gasteiger charge is 2.33. The van der Waals surface area contributed by atoms with Crippen LogP contribution in [0.2, 0.25) is 5.02 Å². The molecule has 1 fully saturated rings. The van der Waals surface area contributed by atoms with Gasteiger partial charge in [-0.15, -0.1) is 0 Å². The van der Waals surface area contributed by atoms with Crippen LogP contribution in [-0.2, 0) is 9.59 Å². The molecule has 2 amide bonds. The number of aromatic hydroxyl groups is 1. The van der Waals surface area contributed by atoms with Crippen LogP contribution in [0.25, 0.3) is 6.08 Å². The normalized spacial score (nSPS) is 15.1. The third-order valence-corrected chi connectivity index (χ3v) is 5.48. The first-order valence-electron chi connectivity index (χ1n) is 8.11. The summed E-state index contributed by atoms with van der Waals surface area (Å²) in [5.41, 5.74) is 0.681. The van der Waals surface area contributed by atoms with E-state index >= 15 is 0 Å². The molecule has 0 aromatic heterocycles. The first-order chi connectivity index (χ1) is 13.7. The fraction of sp³-hybridized carbons (Fsp3) is 0.0526. The SMILES string of the molecule is O=C(CN1C(=O)/C(=C\c2ccc(Cl)cc2)SC1=S)Nc1ccc(C(=O)O)c(O)c1. The van der Waals surface area contributed by atoms with Crippen LogP contribution in [0.5, 0.6) is 5.75 Å². The first kappa shape index (κ1) is 20.8. The molecule has 0 unspecified atom stereocenters. The van der Waals surface area contributed by atoms with Crippen LogP contribution in [0.4, 0.5) is 5.69 Å². The topological polar surface area (TPSA) is 107 Å². The molecule has 7 nitrogen and oxygen atoms in total. The molecule has 3 rings (SSSR count). The zero-order valence-corrected chi connectivity index (χ0v) is 17.0. The number of carbonyl (C=O) groups excluding carboxylic acids is 2. The Morgan fingerprint density at radius 2 is 1.90 bits per heavy atom. The third-order valence-electron chi connectivity index (χ3n) is 3.85. The lowest BCUT2D eigenvalue weighted by Gasteiger charge is -2.14. The minimum Gasteiger partial charge on any atom is -0.507 e. The van der Waals surface area contributed by atoms with E-state index in [9.17, 15) is 19.5 Å². The van der Waals surface area contributed by atoms with Crippen molar-refractivity contribution in [2.45, 2.75) is 0 Å². The maximum absolute atomic E-state index is 12.6. The number of halogens is 1. The highest BCUT2D eigenvalue weighted by molar-refractivity contribution is 8.26. The van der Waals surface area contributed by atoms with Crippen LogP contribution in [0.15, 0.2) is 47.4 Å². The molecular formula is C19H13ClN2O5S2. The fourth-order valence-corrected chi connectivity index (χ4v) is 3.86. The summed E-state index contributed by atoms with van der Waals surface area (Å²) in [5, 5.41) is 21.7. The Bertz CT molecular complexity index is 1050. The molecule has 10 heteroatoms. The number of rotatable bonds is 5. The first-order valence-corrected chi connectivity index (χ1v) is 9.72. The maximum atomic E-state index is 12.6. The maximum Gasteiger partial charge on any atom is 0.339 e. The summed E-state index contributed by atoms with van der Waals surface area (Å²) in [7, 11) is 0. The van der Waals surface area contributed by atoms with Gasteiger partial charge in [0.1, 0.15) is 22.2 Å². The summed E-state index contributed by atoms with van der Waals surface area (Å²) in [6, 6.07) is 10.5. The lowest BCUT2D eigenvalue weighted by Crippen LogP contribution is -2.36. The van der Waals surface area contributed by atoms with Crippen molar-refractivity contribution in [3.8, 4) is 5.75 Å². The van der Waals surface area contributed by atoms with E-state index in [4.69, 9.17) is 28.9 Å². The summed E-state index contributed by atoms with van der Waals surface area (Å²) in [5.74, 6) is -2.71. The molecule has 2 aromatic carbocycles. The molecule has 2 aromatic rings. The number of anilines is 1. The van der Waals surface area contributed by atoms with E-state index in [2.05, 4.69) is 5.32 Å². The van der Waals surface area contributed by atoms with Crippen molar-refractivity contribution in [1.82, 2.24) is 4.90 Å². The zero-order chi connectivity index (χ0) is 21.1. The number of amides is 2. The van der Waals surface area contributed by atoms with Gasteiger partial charge in [-0.1, -0.05) is 47.7 Å². The van der Waals surface area contributed by atoms with Gasteiger partial charge in [0.25, 0.3) is 5.91 Å². The molecule has 1 heterocycles. The van der Waals surface area contributed by atoms with Crippen molar-refractivity contribution in [3.63, 3.8) is 0 Å². The second-order valence-electron chi connectivity index (χ2n) is 5.90. The van der Waals surface area contributed by atoms with Crippen molar-refractivity contribution in [2.24, 2.45) is 0 Å². The quantitative estimate of drug-likeness (QED) is 0.474. The summed E-state index contributed by atoms with van der Waals surface area (Å²) >= 11 is 12.1. The number of carboxylic acids is 1. The van der Waals surface area contributed by atoms with Gasteiger partial charge in [-0.2, -0.15) is 0 Å². The predicted molar refractivity (Wildman–Crippen MR) is 115 cm³/mol. The summed E-state index contributed by atoms with van der Waals surface area (Å²) in [6.45, 7) is -0.315. The van der Waals surface area contributed by atoms with E-state index in [1.165, 1.54) is 17.0 Å². The number of benzene rings is 2. The molecule has 1 saturated heterocycles. The van der Waals surface area contributed by atoms with Gasteiger partial charge in [0.15, 0.2) is 0 Å². The monoisotopic (exact) mass is 448 g/mol. The Balaban J connectivity index is 1.68. The van der Waals surface area contributed by atoms with Crippen molar-refractivity contribution in [1.29, 1.82) is 0 Å². The minimum atomic E-state index is -1.29. The van der Waals surface area contributed by atoms with Crippen LogP contribution in [0.1, 0.15) is 15.9 Å². The smallest absolute Gasteiger partial charge is 0.339 e. The van der Waals surface area contributed by atoms with E-state index in [0.29, 0.717) is 9.93 Å². The van der Waals surface area contributed by atoms with Gasteiger partial charge in [0.2, 0.25) is 5.91 Å². The van der Waals surface area contributed by atoms with E-state index in [0.717, 1.165) is 23.4 Å². The van der Waals surface area contributed by atoms with Gasteiger partial charge in [0, 0.05) is 16.8 Å².